The Bertz CT molecular complexity index is 905. The molecule has 0 spiro atoms. The molecule has 0 bridgehead atoms. The summed E-state index contributed by atoms with van der Waals surface area (Å²) in [4.78, 5) is 17.4. The van der Waals surface area contributed by atoms with Crippen LogP contribution in [0.5, 0.6) is 5.75 Å². The first kappa shape index (κ1) is 17.0. The SMILES string of the molecule is O=COc1ccc(-c2ncc(-c3cc(C(F)(F)F)ccc3Cl)[nH]2)cc1. The Hall–Kier alpha value is -2.80. The topological polar surface area (TPSA) is 55.0 Å². The van der Waals surface area contributed by atoms with Gasteiger partial charge >= 0.3 is 6.18 Å². The molecule has 0 aliphatic carbocycles. The predicted molar refractivity (Wildman–Crippen MR) is 86.2 cm³/mol. The first-order valence-corrected chi connectivity index (χ1v) is 7.39. The van der Waals surface area contributed by atoms with Crippen LogP contribution in [-0.2, 0) is 11.0 Å². The monoisotopic (exact) mass is 366 g/mol. The van der Waals surface area contributed by atoms with E-state index in [1.54, 1.807) is 24.3 Å². The van der Waals surface area contributed by atoms with Crippen LogP contribution in [0, 0.1) is 0 Å². The molecule has 1 heterocycles. The molecule has 3 aromatic rings. The molecule has 0 fully saturated rings. The minimum absolute atomic E-state index is 0.179. The maximum Gasteiger partial charge on any atom is 0.416 e. The van der Waals surface area contributed by atoms with E-state index in [0.29, 0.717) is 29.3 Å². The normalized spacial score (nSPS) is 11.4. The molecule has 25 heavy (non-hydrogen) atoms. The van der Waals surface area contributed by atoms with Gasteiger partial charge in [0.2, 0.25) is 0 Å². The average molecular weight is 367 g/mol. The molecule has 1 aromatic heterocycles. The summed E-state index contributed by atoms with van der Waals surface area (Å²) >= 11 is 6.03. The van der Waals surface area contributed by atoms with Gasteiger partial charge in [0, 0.05) is 16.1 Å². The third-order valence-electron chi connectivity index (χ3n) is 3.47. The van der Waals surface area contributed by atoms with Crippen molar-refractivity contribution in [3.63, 3.8) is 0 Å². The summed E-state index contributed by atoms with van der Waals surface area (Å²) < 4.78 is 43.3. The number of carbonyl (C=O) groups is 1. The standard InChI is InChI=1S/C17H10ClF3N2O2/c18-14-6-3-11(17(19,20)21)7-13(14)15-8-22-16(23-15)10-1-4-12(5-2-10)25-9-24/h1-9H,(H,22,23). The van der Waals surface area contributed by atoms with Crippen LogP contribution >= 0.6 is 11.6 Å². The molecule has 8 heteroatoms. The second-order valence-electron chi connectivity index (χ2n) is 5.08. The summed E-state index contributed by atoms with van der Waals surface area (Å²) in [5.41, 5.74) is 0.446. The van der Waals surface area contributed by atoms with Crippen LogP contribution in [0.25, 0.3) is 22.6 Å². The van der Waals surface area contributed by atoms with E-state index in [1.807, 2.05) is 0 Å². The highest BCUT2D eigenvalue weighted by Gasteiger charge is 2.31. The van der Waals surface area contributed by atoms with Crippen LogP contribution in [0.1, 0.15) is 5.56 Å². The van der Waals surface area contributed by atoms with E-state index in [9.17, 15) is 18.0 Å². The molecule has 2 aromatic carbocycles. The first-order chi connectivity index (χ1) is 11.9. The number of imidazole rings is 1. The van der Waals surface area contributed by atoms with Crippen molar-refractivity contribution in [1.29, 1.82) is 0 Å². The summed E-state index contributed by atoms with van der Waals surface area (Å²) in [5.74, 6) is 0.813. The highest BCUT2D eigenvalue weighted by atomic mass is 35.5. The third kappa shape index (κ3) is 3.66. The Kier molecular flexibility index (Phi) is 4.50. The van der Waals surface area contributed by atoms with Crippen LogP contribution in [0.15, 0.2) is 48.7 Å². The summed E-state index contributed by atoms with van der Waals surface area (Å²) in [6.07, 6.45) is -3.05. The molecule has 3 rings (SSSR count). The van der Waals surface area contributed by atoms with Gasteiger partial charge < -0.3 is 9.72 Å². The molecular formula is C17H10ClF3N2O2. The minimum atomic E-state index is -4.46. The Morgan fingerprint density at radius 1 is 1.12 bits per heavy atom. The molecule has 0 amide bonds. The second kappa shape index (κ2) is 6.60. The molecule has 128 valence electrons. The van der Waals surface area contributed by atoms with E-state index >= 15 is 0 Å². The van der Waals surface area contributed by atoms with E-state index in [0.717, 1.165) is 12.1 Å². The zero-order chi connectivity index (χ0) is 18.0. The summed E-state index contributed by atoms with van der Waals surface area (Å²) in [6, 6.07) is 9.57. The number of alkyl halides is 3. The molecule has 0 saturated carbocycles. The smallest absolute Gasteiger partial charge is 0.416 e. The highest BCUT2D eigenvalue weighted by molar-refractivity contribution is 6.33. The van der Waals surface area contributed by atoms with Crippen molar-refractivity contribution >= 4 is 18.1 Å². The van der Waals surface area contributed by atoms with Crippen LogP contribution in [-0.4, -0.2) is 16.4 Å². The number of hydrogen-bond acceptors (Lipinski definition) is 3. The number of nitrogens with zero attached hydrogens (tertiary/aromatic N) is 1. The van der Waals surface area contributed by atoms with Crippen LogP contribution in [0.3, 0.4) is 0 Å². The maximum absolute atomic E-state index is 12.9. The molecule has 0 saturated heterocycles. The van der Waals surface area contributed by atoms with Gasteiger partial charge in [-0.05, 0) is 42.5 Å². The fourth-order valence-corrected chi connectivity index (χ4v) is 2.48. The van der Waals surface area contributed by atoms with Crippen molar-refractivity contribution < 1.29 is 22.7 Å². The molecule has 0 unspecified atom stereocenters. The van der Waals surface area contributed by atoms with Crippen LogP contribution < -0.4 is 4.74 Å². The lowest BCUT2D eigenvalue weighted by molar-refractivity contribution is -0.137. The van der Waals surface area contributed by atoms with Gasteiger partial charge in [-0.25, -0.2) is 4.98 Å². The summed E-state index contributed by atoms with van der Waals surface area (Å²) in [5, 5.41) is 0.179. The lowest BCUT2D eigenvalue weighted by Crippen LogP contribution is -2.04. The van der Waals surface area contributed by atoms with E-state index in [1.165, 1.54) is 12.3 Å². The predicted octanol–water partition coefficient (Wildman–Crippen LogP) is 4.95. The van der Waals surface area contributed by atoms with Crippen molar-refractivity contribution in [1.82, 2.24) is 9.97 Å². The maximum atomic E-state index is 12.9. The quantitative estimate of drug-likeness (QED) is 0.664. The number of benzene rings is 2. The Morgan fingerprint density at radius 2 is 1.84 bits per heavy atom. The van der Waals surface area contributed by atoms with Gasteiger partial charge in [-0.2, -0.15) is 13.2 Å². The molecular weight excluding hydrogens is 357 g/mol. The number of carbonyl (C=O) groups excluding carboxylic acids is 1. The minimum Gasteiger partial charge on any atom is -0.429 e. The van der Waals surface area contributed by atoms with Crippen molar-refractivity contribution in [3.8, 4) is 28.4 Å². The lowest BCUT2D eigenvalue weighted by Gasteiger charge is -2.09. The Balaban J connectivity index is 1.95. The average Bonchev–Trinajstić information content (AvgIpc) is 3.05. The van der Waals surface area contributed by atoms with Gasteiger partial charge in [-0.1, -0.05) is 11.6 Å². The lowest BCUT2D eigenvalue weighted by atomic mass is 10.1. The zero-order valence-electron chi connectivity index (χ0n) is 12.5. The fourth-order valence-electron chi connectivity index (χ4n) is 2.26. The summed E-state index contributed by atoms with van der Waals surface area (Å²) in [7, 11) is 0. The van der Waals surface area contributed by atoms with Gasteiger partial charge in [0.1, 0.15) is 11.6 Å². The number of rotatable bonds is 4. The van der Waals surface area contributed by atoms with Crippen LogP contribution in [0.2, 0.25) is 5.02 Å². The number of nitrogens with one attached hydrogen (secondary N) is 1. The molecule has 4 nitrogen and oxygen atoms in total. The van der Waals surface area contributed by atoms with Gasteiger partial charge in [-0.3, -0.25) is 4.79 Å². The number of aromatic amines is 1. The van der Waals surface area contributed by atoms with E-state index in [4.69, 9.17) is 16.3 Å². The zero-order valence-corrected chi connectivity index (χ0v) is 13.2. The first-order valence-electron chi connectivity index (χ1n) is 7.01. The molecule has 0 radical (unpaired) electrons. The fraction of sp³-hybridized carbons (Fsp3) is 0.0588. The Labute approximate surface area is 145 Å². The van der Waals surface area contributed by atoms with Crippen molar-refractivity contribution in [2.24, 2.45) is 0 Å². The number of H-pyrrole nitrogens is 1. The highest BCUT2D eigenvalue weighted by Crippen LogP contribution is 2.36. The Morgan fingerprint density at radius 3 is 2.48 bits per heavy atom. The second-order valence-corrected chi connectivity index (χ2v) is 5.48. The number of hydrogen-bond donors (Lipinski definition) is 1. The number of halogens is 4. The van der Waals surface area contributed by atoms with Gasteiger partial charge in [0.05, 0.1) is 17.5 Å². The van der Waals surface area contributed by atoms with Crippen molar-refractivity contribution in [3.05, 3.63) is 59.2 Å². The van der Waals surface area contributed by atoms with E-state index in [2.05, 4.69) is 9.97 Å². The van der Waals surface area contributed by atoms with E-state index in [-0.39, 0.29) is 10.6 Å². The van der Waals surface area contributed by atoms with Crippen molar-refractivity contribution in [2.75, 3.05) is 0 Å². The summed E-state index contributed by atoms with van der Waals surface area (Å²) in [6.45, 7) is 0.315. The molecule has 1 N–H and O–H groups in total. The van der Waals surface area contributed by atoms with Gasteiger partial charge in [0.15, 0.2) is 0 Å². The van der Waals surface area contributed by atoms with Gasteiger partial charge in [0.25, 0.3) is 6.47 Å². The van der Waals surface area contributed by atoms with Gasteiger partial charge in [-0.15, -0.1) is 0 Å². The van der Waals surface area contributed by atoms with E-state index < -0.39 is 11.7 Å². The van der Waals surface area contributed by atoms with Crippen LogP contribution in [0.4, 0.5) is 13.2 Å². The molecule has 0 atom stereocenters. The number of ether oxygens (including phenoxy) is 1. The van der Waals surface area contributed by atoms with Crippen molar-refractivity contribution in [2.45, 2.75) is 6.18 Å². The molecule has 0 aliphatic heterocycles. The number of aromatic nitrogens is 2. The third-order valence-corrected chi connectivity index (χ3v) is 3.80. The largest absolute Gasteiger partial charge is 0.429 e. The molecule has 0 aliphatic rings.